The van der Waals surface area contributed by atoms with Crippen molar-refractivity contribution in [3.63, 3.8) is 0 Å². The molecule has 1 aliphatic rings. The Morgan fingerprint density at radius 2 is 1.68 bits per heavy atom. The van der Waals surface area contributed by atoms with Crippen LogP contribution in [0.4, 0.5) is 5.69 Å². The SMILES string of the molecule is CN1CCN(S(=O)(=O)c2ccc(NC(=O)/C=C/c3ccccc3Cl)cc2)CC1. The molecule has 0 saturated carbocycles. The summed E-state index contributed by atoms with van der Waals surface area (Å²) in [7, 11) is -1.54. The normalized spacial score (nSPS) is 16.4. The number of rotatable bonds is 5. The minimum Gasteiger partial charge on any atom is -0.323 e. The number of benzene rings is 2. The third-order valence-electron chi connectivity index (χ3n) is 4.54. The fraction of sp³-hybridized carbons (Fsp3) is 0.250. The van der Waals surface area contributed by atoms with Crippen molar-refractivity contribution in [2.45, 2.75) is 4.90 Å². The third kappa shape index (κ3) is 4.99. The Balaban J connectivity index is 1.64. The summed E-state index contributed by atoms with van der Waals surface area (Å²) < 4.78 is 26.9. The number of hydrogen-bond donors (Lipinski definition) is 1. The van der Waals surface area contributed by atoms with Crippen molar-refractivity contribution >= 4 is 39.3 Å². The molecule has 28 heavy (non-hydrogen) atoms. The zero-order valence-electron chi connectivity index (χ0n) is 15.5. The molecule has 1 aliphatic heterocycles. The molecule has 148 valence electrons. The molecule has 1 amide bonds. The van der Waals surface area contributed by atoms with Gasteiger partial charge >= 0.3 is 0 Å². The minimum atomic E-state index is -3.52. The van der Waals surface area contributed by atoms with Crippen LogP contribution in [0.1, 0.15) is 5.56 Å². The molecule has 1 N–H and O–H groups in total. The summed E-state index contributed by atoms with van der Waals surface area (Å²) in [6.07, 6.45) is 3.01. The van der Waals surface area contributed by atoms with Gasteiger partial charge in [-0.2, -0.15) is 4.31 Å². The summed E-state index contributed by atoms with van der Waals surface area (Å²) in [5, 5.41) is 3.27. The number of likely N-dealkylation sites (N-methyl/N-ethyl adjacent to an activating group) is 1. The number of hydrogen-bond acceptors (Lipinski definition) is 4. The van der Waals surface area contributed by atoms with Crippen LogP contribution in [0, 0.1) is 0 Å². The zero-order chi connectivity index (χ0) is 20.1. The van der Waals surface area contributed by atoms with E-state index in [9.17, 15) is 13.2 Å². The number of nitrogens with zero attached hydrogens (tertiary/aromatic N) is 2. The number of amides is 1. The summed E-state index contributed by atoms with van der Waals surface area (Å²) in [4.78, 5) is 14.4. The number of carbonyl (C=O) groups is 1. The van der Waals surface area contributed by atoms with Gasteiger partial charge in [0.05, 0.1) is 4.90 Å². The predicted octanol–water partition coefficient (Wildman–Crippen LogP) is 2.93. The first-order valence-electron chi connectivity index (χ1n) is 8.88. The monoisotopic (exact) mass is 419 g/mol. The molecular formula is C20H22ClN3O3S. The lowest BCUT2D eigenvalue weighted by Gasteiger charge is -2.31. The number of piperazine rings is 1. The standard InChI is InChI=1S/C20H22ClN3O3S/c1-23-12-14-24(15-13-23)28(26,27)18-9-7-17(8-10-18)22-20(25)11-6-16-4-2-3-5-19(16)21/h2-11H,12-15H2,1H3,(H,22,25)/b11-6+. The average Bonchev–Trinajstić information content (AvgIpc) is 2.68. The molecule has 0 atom stereocenters. The van der Waals surface area contributed by atoms with E-state index in [2.05, 4.69) is 10.2 Å². The topological polar surface area (TPSA) is 69.7 Å². The second kappa shape index (κ2) is 8.87. The molecule has 6 nitrogen and oxygen atoms in total. The maximum absolute atomic E-state index is 12.7. The Morgan fingerprint density at radius 1 is 1.04 bits per heavy atom. The predicted molar refractivity (Wildman–Crippen MR) is 112 cm³/mol. The van der Waals surface area contributed by atoms with Gasteiger partial charge in [-0.1, -0.05) is 29.8 Å². The summed E-state index contributed by atoms with van der Waals surface area (Å²) >= 11 is 6.05. The van der Waals surface area contributed by atoms with E-state index in [1.54, 1.807) is 24.3 Å². The smallest absolute Gasteiger partial charge is 0.248 e. The number of sulfonamides is 1. The second-order valence-electron chi connectivity index (χ2n) is 6.58. The van der Waals surface area contributed by atoms with E-state index < -0.39 is 10.0 Å². The summed E-state index contributed by atoms with van der Waals surface area (Å²) in [6, 6.07) is 13.4. The Bertz CT molecular complexity index is 966. The summed E-state index contributed by atoms with van der Waals surface area (Å²) in [5.74, 6) is -0.324. The molecule has 0 radical (unpaired) electrons. The molecule has 0 aliphatic carbocycles. The van der Waals surface area contributed by atoms with Crippen molar-refractivity contribution in [1.29, 1.82) is 0 Å². The van der Waals surface area contributed by atoms with Crippen molar-refractivity contribution in [3.05, 3.63) is 65.2 Å². The van der Waals surface area contributed by atoms with Crippen LogP contribution < -0.4 is 5.32 Å². The molecule has 0 unspecified atom stereocenters. The van der Waals surface area contributed by atoms with Crippen molar-refractivity contribution < 1.29 is 13.2 Å². The highest BCUT2D eigenvalue weighted by Crippen LogP contribution is 2.20. The van der Waals surface area contributed by atoms with E-state index in [0.29, 0.717) is 36.9 Å². The van der Waals surface area contributed by atoms with Gasteiger partial charge in [0, 0.05) is 43.0 Å². The van der Waals surface area contributed by atoms with Crippen LogP contribution in [0.5, 0.6) is 0 Å². The molecule has 2 aromatic carbocycles. The molecular weight excluding hydrogens is 398 g/mol. The van der Waals surface area contributed by atoms with E-state index in [0.717, 1.165) is 5.56 Å². The first-order valence-corrected chi connectivity index (χ1v) is 10.7. The Labute approximate surface area is 170 Å². The molecule has 8 heteroatoms. The van der Waals surface area contributed by atoms with Gasteiger partial charge < -0.3 is 10.2 Å². The molecule has 2 aromatic rings. The van der Waals surface area contributed by atoms with Gasteiger partial charge in [0.2, 0.25) is 15.9 Å². The minimum absolute atomic E-state index is 0.224. The van der Waals surface area contributed by atoms with E-state index in [4.69, 9.17) is 11.6 Å². The van der Waals surface area contributed by atoms with Crippen LogP contribution >= 0.6 is 11.6 Å². The zero-order valence-corrected chi connectivity index (χ0v) is 17.1. The van der Waals surface area contributed by atoms with Crippen molar-refractivity contribution in [2.24, 2.45) is 0 Å². The van der Waals surface area contributed by atoms with Crippen LogP contribution in [-0.4, -0.2) is 56.8 Å². The lowest BCUT2D eigenvalue weighted by molar-refractivity contribution is -0.111. The van der Waals surface area contributed by atoms with Gasteiger partial charge in [-0.25, -0.2) is 8.42 Å². The highest BCUT2D eigenvalue weighted by Gasteiger charge is 2.27. The van der Waals surface area contributed by atoms with Crippen molar-refractivity contribution in [2.75, 3.05) is 38.5 Å². The third-order valence-corrected chi connectivity index (χ3v) is 6.80. The highest BCUT2D eigenvalue weighted by atomic mass is 35.5. The first-order chi connectivity index (χ1) is 13.4. The van der Waals surface area contributed by atoms with Gasteiger partial charge in [0.15, 0.2) is 0 Å². The fourth-order valence-corrected chi connectivity index (χ4v) is 4.47. The first kappa shape index (κ1) is 20.5. The quantitative estimate of drug-likeness (QED) is 0.756. The number of nitrogens with one attached hydrogen (secondary N) is 1. The molecule has 0 spiro atoms. The van der Waals surface area contributed by atoms with E-state index in [-0.39, 0.29) is 10.8 Å². The van der Waals surface area contributed by atoms with Crippen LogP contribution in [0.25, 0.3) is 6.08 Å². The molecule has 0 bridgehead atoms. The summed E-state index contributed by atoms with van der Waals surface area (Å²) in [5.41, 5.74) is 1.26. The molecule has 1 fully saturated rings. The largest absolute Gasteiger partial charge is 0.323 e. The van der Waals surface area contributed by atoms with Gasteiger partial charge in [0.1, 0.15) is 0 Å². The average molecular weight is 420 g/mol. The van der Waals surface area contributed by atoms with Gasteiger partial charge in [-0.05, 0) is 49.0 Å². The maximum atomic E-state index is 12.7. The van der Waals surface area contributed by atoms with Crippen molar-refractivity contribution in [3.8, 4) is 0 Å². The maximum Gasteiger partial charge on any atom is 0.248 e. The molecule has 3 rings (SSSR count). The number of halogens is 1. The number of carbonyl (C=O) groups excluding carboxylic acids is 1. The lowest BCUT2D eigenvalue weighted by Crippen LogP contribution is -2.46. The Morgan fingerprint density at radius 3 is 2.32 bits per heavy atom. The lowest BCUT2D eigenvalue weighted by atomic mass is 10.2. The highest BCUT2D eigenvalue weighted by molar-refractivity contribution is 7.89. The number of anilines is 1. The van der Waals surface area contributed by atoms with Gasteiger partial charge in [0.25, 0.3) is 0 Å². The molecule has 1 saturated heterocycles. The van der Waals surface area contributed by atoms with E-state index in [1.807, 2.05) is 25.2 Å². The summed E-state index contributed by atoms with van der Waals surface area (Å²) in [6.45, 7) is 2.38. The van der Waals surface area contributed by atoms with E-state index in [1.165, 1.54) is 22.5 Å². The Kier molecular flexibility index (Phi) is 6.51. The van der Waals surface area contributed by atoms with Crippen LogP contribution in [0.15, 0.2) is 59.5 Å². The van der Waals surface area contributed by atoms with Gasteiger partial charge in [-0.3, -0.25) is 4.79 Å². The van der Waals surface area contributed by atoms with Crippen molar-refractivity contribution in [1.82, 2.24) is 9.21 Å². The second-order valence-corrected chi connectivity index (χ2v) is 8.92. The Hall–Kier alpha value is -2.19. The van der Waals surface area contributed by atoms with Crippen LogP contribution in [0.3, 0.4) is 0 Å². The van der Waals surface area contributed by atoms with Gasteiger partial charge in [-0.15, -0.1) is 0 Å². The fourth-order valence-electron chi connectivity index (χ4n) is 2.85. The van der Waals surface area contributed by atoms with Crippen LogP contribution in [0.2, 0.25) is 5.02 Å². The molecule has 0 aromatic heterocycles. The van der Waals surface area contributed by atoms with E-state index >= 15 is 0 Å². The molecule has 1 heterocycles. The van der Waals surface area contributed by atoms with Crippen LogP contribution in [-0.2, 0) is 14.8 Å².